The molecule has 3 heteroatoms. The Kier molecular flexibility index (Phi) is 3.27. The number of pyridine rings is 1. The molecule has 0 N–H and O–H groups in total. The van der Waals surface area contributed by atoms with E-state index in [4.69, 9.17) is 9.47 Å². The van der Waals surface area contributed by atoms with E-state index in [1.54, 1.807) is 6.20 Å². The summed E-state index contributed by atoms with van der Waals surface area (Å²) < 4.78 is 11.2. The Morgan fingerprint density at radius 1 is 1.29 bits per heavy atom. The molecule has 0 bridgehead atoms. The second kappa shape index (κ2) is 5.05. The van der Waals surface area contributed by atoms with Gasteiger partial charge in [0.25, 0.3) is 0 Å². The third kappa shape index (κ3) is 2.78. The van der Waals surface area contributed by atoms with Gasteiger partial charge in [0.2, 0.25) is 5.88 Å². The first-order valence-electron chi connectivity index (χ1n) is 6.50. The quantitative estimate of drug-likeness (QED) is 0.799. The summed E-state index contributed by atoms with van der Waals surface area (Å²) in [5.74, 6) is 2.13. The lowest BCUT2D eigenvalue weighted by Gasteiger charge is -2.22. The average molecular weight is 232 g/mol. The van der Waals surface area contributed by atoms with Gasteiger partial charge in [-0.05, 0) is 43.6 Å². The third-order valence-corrected chi connectivity index (χ3v) is 3.56. The van der Waals surface area contributed by atoms with Crippen molar-refractivity contribution in [1.29, 1.82) is 0 Å². The molecular formula is C14H18NO2. The predicted octanol–water partition coefficient (Wildman–Crippen LogP) is 2.56. The monoisotopic (exact) mass is 232 g/mol. The van der Waals surface area contributed by atoms with Gasteiger partial charge in [0, 0.05) is 31.0 Å². The minimum absolute atomic E-state index is 0.627. The van der Waals surface area contributed by atoms with Crippen molar-refractivity contribution in [3.63, 3.8) is 0 Å². The number of aromatic nitrogens is 1. The van der Waals surface area contributed by atoms with E-state index in [0.29, 0.717) is 11.8 Å². The van der Waals surface area contributed by atoms with Gasteiger partial charge in [-0.1, -0.05) is 0 Å². The first kappa shape index (κ1) is 11.0. The van der Waals surface area contributed by atoms with E-state index in [0.717, 1.165) is 38.5 Å². The Balaban J connectivity index is 1.60. The van der Waals surface area contributed by atoms with E-state index < -0.39 is 0 Å². The molecule has 0 atom stereocenters. The summed E-state index contributed by atoms with van der Waals surface area (Å²) in [5, 5.41) is 0. The van der Waals surface area contributed by atoms with Crippen LogP contribution in [0.15, 0.2) is 12.3 Å². The average Bonchev–Trinajstić information content (AvgIpc) is 3.22. The van der Waals surface area contributed by atoms with Gasteiger partial charge in [0.1, 0.15) is 0 Å². The molecule has 0 amide bonds. The van der Waals surface area contributed by atoms with Crippen LogP contribution in [0.2, 0.25) is 0 Å². The molecule has 1 aromatic rings. The molecule has 91 valence electrons. The molecule has 2 fully saturated rings. The maximum Gasteiger partial charge on any atom is 0.216 e. The van der Waals surface area contributed by atoms with Gasteiger partial charge in [-0.3, -0.25) is 0 Å². The molecule has 1 aliphatic heterocycles. The van der Waals surface area contributed by atoms with Gasteiger partial charge >= 0.3 is 0 Å². The predicted molar refractivity (Wildman–Crippen MR) is 64.1 cm³/mol. The summed E-state index contributed by atoms with van der Waals surface area (Å²) in [6.07, 6.45) is 6.46. The van der Waals surface area contributed by atoms with Crippen molar-refractivity contribution in [2.45, 2.75) is 31.6 Å². The third-order valence-electron chi connectivity index (χ3n) is 3.56. The molecule has 3 rings (SSSR count). The van der Waals surface area contributed by atoms with Crippen molar-refractivity contribution in [3.8, 4) is 5.88 Å². The fourth-order valence-electron chi connectivity index (χ4n) is 2.28. The van der Waals surface area contributed by atoms with Crippen molar-refractivity contribution in [1.82, 2.24) is 4.98 Å². The Hall–Kier alpha value is -1.09. The normalized spacial score (nSPS) is 21.4. The molecule has 1 aliphatic carbocycles. The molecule has 17 heavy (non-hydrogen) atoms. The highest BCUT2D eigenvalue weighted by Crippen LogP contribution is 2.43. The number of hydrogen-bond donors (Lipinski definition) is 0. The van der Waals surface area contributed by atoms with E-state index >= 15 is 0 Å². The molecule has 1 saturated heterocycles. The van der Waals surface area contributed by atoms with E-state index in [2.05, 4.69) is 11.1 Å². The minimum Gasteiger partial charge on any atom is -0.477 e. The number of hydrogen-bond acceptors (Lipinski definition) is 3. The van der Waals surface area contributed by atoms with Crippen LogP contribution in [0.4, 0.5) is 0 Å². The highest BCUT2D eigenvalue weighted by molar-refractivity contribution is 5.32. The maximum atomic E-state index is 5.89. The summed E-state index contributed by atoms with van der Waals surface area (Å²) in [7, 11) is 0. The van der Waals surface area contributed by atoms with Crippen molar-refractivity contribution < 1.29 is 9.47 Å². The molecule has 3 nitrogen and oxygen atoms in total. The lowest BCUT2D eigenvalue weighted by Crippen LogP contribution is -2.21. The van der Waals surface area contributed by atoms with Crippen LogP contribution in [0.5, 0.6) is 5.88 Å². The van der Waals surface area contributed by atoms with Gasteiger partial charge < -0.3 is 9.47 Å². The molecule has 2 heterocycles. The van der Waals surface area contributed by atoms with E-state index in [1.165, 1.54) is 18.4 Å². The Labute approximate surface area is 102 Å². The van der Waals surface area contributed by atoms with Gasteiger partial charge in [0.15, 0.2) is 0 Å². The van der Waals surface area contributed by atoms with Gasteiger partial charge in [0.05, 0.1) is 6.61 Å². The van der Waals surface area contributed by atoms with Crippen LogP contribution < -0.4 is 4.74 Å². The zero-order valence-corrected chi connectivity index (χ0v) is 10.0. The van der Waals surface area contributed by atoms with E-state index in [9.17, 15) is 0 Å². The highest BCUT2D eigenvalue weighted by atomic mass is 16.5. The van der Waals surface area contributed by atoms with Crippen molar-refractivity contribution in [2.75, 3.05) is 19.8 Å². The minimum atomic E-state index is 0.627. The van der Waals surface area contributed by atoms with E-state index in [-0.39, 0.29) is 0 Å². The molecule has 0 spiro atoms. The zero-order chi connectivity index (χ0) is 11.5. The van der Waals surface area contributed by atoms with E-state index in [1.807, 2.05) is 6.07 Å². The molecule has 1 radical (unpaired) electrons. The highest BCUT2D eigenvalue weighted by Gasteiger charge is 2.27. The summed E-state index contributed by atoms with van der Waals surface area (Å²) in [4.78, 5) is 4.32. The van der Waals surface area contributed by atoms with Crippen LogP contribution in [0.3, 0.4) is 0 Å². The summed E-state index contributed by atoms with van der Waals surface area (Å²) >= 11 is 0. The number of nitrogens with zero attached hydrogens (tertiary/aromatic N) is 1. The fourth-order valence-corrected chi connectivity index (χ4v) is 2.28. The SMILES string of the molecule is [c]1cnc(OCC2CCOCC2)c(C2CC2)c1. The molecule has 1 aromatic heterocycles. The van der Waals surface area contributed by atoms with Crippen LogP contribution in [0, 0.1) is 12.0 Å². The van der Waals surface area contributed by atoms with Gasteiger partial charge in [-0.25, -0.2) is 4.98 Å². The van der Waals surface area contributed by atoms with Crippen molar-refractivity contribution in [2.24, 2.45) is 5.92 Å². The lowest BCUT2D eigenvalue weighted by molar-refractivity contribution is 0.0489. The van der Waals surface area contributed by atoms with Gasteiger partial charge in [-0.15, -0.1) is 0 Å². The Bertz CT molecular complexity index is 370. The Morgan fingerprint density at radius 2 is 2.12 bits per heavy atom. The largest absolute Gasteiger partial charge is 0.477 e. The molecule has 0 unspecified atom stereocenters. The topological polar surface area (TPSA) is 31.4 Å². The first-order chi connectivity index (χ1) is 8.43. The van der Waals surface area contributed by atoms with Crippen LogP contribution in [-0.2, 0) is 4.74 Å². The maximum absolute atomic E-state index is 5.89. The molecule has 2 aliphatic rings. The second-order valence-electron chi connectivity index (χ2n) is 4.97. The van der Waals surface area contributed by atoms with Crippen molar-refractivity contribution >= 4 is 0 Å². The smallest absolute Gasteiger partial charge is 0.216 e. The Morgan fingerprint density at radius 3 is 2.88 bits per heavy atom. The van der Waals surface area contributed by atoms with Crippen LogP contribution in [0.1, 0.15) is 37.2 Å². The van der Waals surface area contributed by atoms with Gasteiger partial charge in [-0.2, -0.15) is 0 Å². The first-order valence-corrected chi connectivity index (χ1v) is 6.50. The van der Waals surface area contributed by atoms with Crippen LogP contribution >= 0.6 is 0 Å². The summed E-state index contributed by atoms with van der Waals surface area (Å²) in [6.45, 7) is 2.53. The van der Waals surface area contributed by atoms with Crippen LogP contribution in [-0.4, -0.2) is 24.8 Å². The number of rotatable bonds is 4. The zero-order valence-electron chi connectivity index (χ0n) is 10.0. The standard InChI is InChI=1S/C14H18NO2/c1-2-13(12-3-4-12)14(15-7-1)17-10-11-5-8-16-9-6-11/h2,7,11-12H,3-6,8-10H2. The molecule has 1 saturated carbocycles. The second-order valence-corrected chi connectivity index (χ2v) is 4.97. The van der Waals surface area contributed by atoms with Crippen molar-refractivity contribution in [3.05, 3.63) is 23.9 Å². The fraction of sp³-hybridized carbons (Fsp3) is 0.643. The number of ether oxygens (including phenoxy) is 2. The molecular weight excluding hydrogens is 214 g/mol. The summed E-state index contributed by atoms with van der Waals surface area (Å²) in [6, 6.07) is 5.08. The van der Waals surface area contributed by atoms with Crippen LogP contribution in [0.25, 0.3) is 0 Å². The summed E-state index contributed by atoms with van der Waals surface area (Å²) in [5.41, 5.74) is 1.25. The lowest BCUT2D eigenvalue weighted by atomic mass is 10.0. The molecule has 0 aromatic carbocycles.